The first-order chi connectivity index (χ1) is 8.54. The summed E-state index contributed by atoms with van der Waals surface area (Å²) >= 11 is 0. The van der Waals surface area contributed by atoms with Gasteiger partial charge in [-0.2, -0.15) is 0 Å². The van der Waals surface area contributed by atoms with Crippen molar-refractivity contribution in [3.05, 3.63) is 40.6 Å². The lowest BCUT2D eigenvalue weighted by atomic mass is 9.99. The van der Waals surface area contributed by atoms with Gasteiger partial charge < -0.3 is 9.63 Å². The van der Waals surface area contributed by atoms with E-state index in [4.69, 9.17) is 4.52 Å². The minimum Gasteiger partial charge on any atom is -0.477 e. The predicted octanol–water partition coefficient (Wildman–Crippen LogP) is 3.22. The van der Waals surface area contributed by atoms with Crippen molar-refractivity contribution < 1.29 is 14.4 Å². The average Bonchev–Trinajstić information content (AvgIpc) is 2.72. The molecule has 0 unspecified atom stereocenters. The summed E-state index contributed by atoms with van der Waals surface area (Å²) in [5, 5.41) is 13.2. The van der Waals surface area contributed by atoms with E-state index >= 15 is 0 Å². The summed E-state index contributed by atoms with van der Waals surface area (Å²) < 4.78 is 5.12. The fourth-order valence-electron chi connectivity index (χ4n) is 2.05. The Bertz CT molecular complexity index is 599. The third-order valence-corrected chi connectivity index (χ3v) is 2.93. The molecule has 1 aromatic carbocycles. The van der Waals surface area contributed by atoms with Crippen molar-refractivity contribution in [3.8, 4) is 11.3 Å². The van der Waals surface area contributed by atoms with E-state index in [0.717, 1.165) is 16.7 Å². The predicted molar refractivity (Wildman–Crippen MR) is 67.8 cm³/mol. The number of carboxylic acids is 1. The van der Waals surface area contributed by atoms with Crippen molar-refractivity contribution in [2.75, 3.05) is 0 Å². The van der Waals surface area contributed by atoms with Crippen molar-refractivity contribution in [2.24, 2.45) is 0 Å². The summed E-state index contributed by atoms with van der Waals surface area (Å²) in [4.78, 5) is 11.3. The molecule has 4 nitrogen and oxygen atoms in total. The highest BCUT2D eigenvalue weighted by Gasteiger charge is 2.23. The largest absolute Gasteiger partial charge is 0.477 e. The van der Waals surface area contributed by atoms with E-state index in [1.165, 1.54) is 0 Å². The van der Waals surface area contributed by atoms with E-state index in [0.29, 0.717) is 17.9 Å². The minimum absolute atomic E-state index is 0.171. The molecule has 0 amide bonds. The number of carboxylic acid groups (broad SMARTS) is 1. The van der Waals surface area contributed by atoms with E-state index in [1.807, 2.05) is 39.0 Å². The first-order valence-corrected chi connectivity index (χ1v) is 5.84. The average molecular weight is 245 g/mol. The second-order valence-corrected chi connectivity index (χ2v) is 4.31. The molecule has 94 valence electrons. The molecule has 0 spiro atoms. The number of carbonyl (C=O) groups is 1. The molecule has 1 heterocycles. The number of aromatic carboxylic acids is 1. The zero-order valence-corrected chi connectivity index (χ0v) is 10.7. The van der Waals surface area contributed by atoms with Crippen molar-refractivity contribution >= 4 is 5.97 Å². The van der Waals surface area contributed by atoms with Crippen LogP contribution in [-0.4, -0.2) is 16.2 Å². The van der Waals surface area contributed by atoms with Crippen LogP contribution in [-0.2, 0) is 6.42 Å². The van der Waals surface area contributed by atoms with E-state index in [-0.39, 0.29) is 5.56 Å². The maximum atomic E-state index is 11.3. The lowest BCUT2D eigenvalue weighted by Gasteiger charge is -2.04. The van der Waals surface area contributed by atoms with E-state index in [1.54, 1.807) is 0 Å². The molecule has 18 heavy (non-hydrogen) atoms. The molecule has 0 atom stereocenters. The van der Waals surface area contributed by atoms with Crippen LogP contribution in [0.4, 0.5) is 0 Å². The Balaban J connectivity index is 2.64. The first kappa shape index (κ1) is 12.4. The topological polar surface area (TPSA) is 63.3 Å². The number of aromatic nitrogens is 1. The van der Waals surface area contributed by atoms with E-state index in [9.17, 15) is 9.90 Å². The Morgan fingerprint density at radius 3 is 2.67 bits per heavy atom. The smallest absolute Gasteiger partial charge is 0.341 e. The highest BCUT2D eigenvalue weighted by atomic mass is 16.5. The Morgan fingerprint density at radius 1 is 1.39 bits per heavy atom. The standard InChI is InChI=1S/C14H15NO3/c1-4-11-12(14(16)17)13(15-18-11)10-6-5-8(2)7-9(10)3/h5-7H,4H2,1-3H3,(H,16,17). The molecule has 1 aromatic heterocycles. The Hall–Kier alpha value is -2.10. The van der Waals surface area contributed by atoms with Gasteiger partial charge in [-0.25, -0.2) is 4.79 Å². The zero-order valence-electron chi connectivity index (χ0n) is 10.7. The van der Waals surface area contributed by atoms with Crippen molar-refractivity contribution in [2.45, 2.75) is 27.2 Å². The van der Waals surface area contributed by atoms with Gasteiger partial charge in [0, 0.05) is 12.0 Å². The molecule has 0 saturated carbocycles. The number of rotatable bonds is 3. The molecule has 0 aliphatic carbocycles. The maximum absolute atomic E-state index is 11.3. The molecular weight excluding hydrogens is 230 g/mol. The van der Waals surface area contributed by atoms with Crippen LogP contribution in [0.25, 0.3) is 11.3 Å². The summed E-state index contributed by atoms with van der Waals surface area (Å²) in [5.41, 5.74) is 3.52. The normalized spacial score (nSPS) is 10.6. The zero-order chi connectivity index (χ0) is 13.3. The second kappa shape index (κ2) is 4.64. The van der Waals surface area contributed by atoms with Gasteiger partial charge in [0.2, 0.25) is 0 Å². The van der Waals surface area contributed by atoms with Crippen molar-refractivity contribution in [3.63, 3.8) is 0 Å². The first-order valence-electron chi connectivity index (χ1n) is 5.84. The van der Waals surface area contributed by atoms with Gasteiger partial charge in [0.1, 0.15) is 11.3 Å². The summed E-state index contributed by atoms with van der Waals surface area (Å²) in [5.74, 6) is -0.583. The molecule has 4 heteroatoms. The van der Waals surface area contributed by atoms with Crippen molar-refractivity contribution in [1.29, 1.82) is 0 Å². The van der Waals surface area contributed by atoms with E-state index in [2.05, 4.69) is 5.16 Å². The lowest BCUT2D eigenvalue weighted by molar-refractivity contribution is 0.0695. The maximum Gasteiger partial charge on any atom is 0.341 e. The Kier molecular flexibility index (Phi) is 3.19. The fourth-order valence-corrected chi connectivity index (χ4v) is 2.05. The third kappa shape index (κ3) is 2.01. The van der Waals surface area contributed by atoms with Gasteiger partial charge in [0.15, 0.2) is 5.76 Å². The number of benzene rings is 1. The molecule has 0 fully saturated rings. The fraction of sp³-hybridized carbons (Fsp3) is 0.286. The highest BCUT2D eigenvalue weighted by Crippen LogP contribution is 2.29. The summed E-state index contributed by atoms with van der Waals surface area (Å²) in [7, 11) is 0. The van der Waals surface area contributed by atoms with Crippen LogP contribution in [0.2, 0.25) is 0 Å². The molecule has 2 rings (SSSR count). The molecular formula is C14H15NO3. The minimum atomic E-state index is -0.997. The van der Waals surface area contributed by atoms with Gasteiger partial charge >= 0.3 is 5.97 Å². The second-order valence-electron chi connectivity index (χ2n) is 4.31. The van der Waals surface area contributed by atoms with Gasteiger partial charge in [-0.05, 0) is 19.4 Å². The van der Waals surface area contributed by atoms with Crippen LogP contribution in [0.15, 0.2) is 22.7 Å². The van der Waals surface area contributed by atoms with Crippen LogP contribution in [0.5, 0.6) is 0 Å². The van der Waals surface area contributed by atoms with Gasteiger partial charge in [0.05, 0.1) is 0 Å². The lowest BCUT2D eigenvalue weighted by Crippen LogP contribution is -2.01. The number of hydrogen-bond donors (Lipinski definition) is 1. The number of hydrogen-bond acceptors (Lipinski definition) is 3. The van der Waals surface area contributed by atoms with Gasteiger partial charge in [0.25, 0.3) is 0 Å². The highest BCUT2D eigenvalue weighted by molar-refractivity contribution is 5.96. The summed E-state index contributed by atoms with van der Waals surface area (Å²) in [6.45, 7) is 5.78. The van der Waals surface area contributed by atoms with Crippen LogP contribution < -0.4 is 0 Å². The number of nitrogens with zero attached hydrogens (tertiary/aromatic N) is 1. The molecule has 0 radical (unpaired) electrons. The SMILES string of the molecule is CCc1onc(-c2ccc(C)cc2C)c1C(=O)O. The summed E-state index contributed by atoms with van der Waals surface area (Å²) in [6.07, 6.45) is 0.513. The third-order valence-electron chi connectivity index (χ3n) is 2.93. The van der Waals surface area contributed by atoms with Crippen LogP contribution >= 0.6 is 0 Å². The van der Waals surface area contributed by atoms with Gasteiger partial charge in [-0.1, -0.05) is 35.8 Å². The molecule has 2 aromatic rings. The van der Waals surface area contributed by atoms with Crippen LogP contribution in [0.1, 0.15) is 34.2 Å². The Morgan fingerprint density at radius 2 is 2.11 bits per heavy atom. The number of aryl methyl sites for hydroxylation is 3. The van der Waals surface area contributed by atoms with Gasteiger partial charge in [-0.3, -0.25) is 0 Å². The van der Waals surface area contributed by atoms with Crippen molar-refractivity contribution in [1.82, 2.24) is 5.16 Å². The molecule has 0 saturated heterocycles. The molecule has 0 aliphatic rings. The quantitative estimate of drug-likeness (QED) is 0.901. The van der Waals surface area contributed by atoms with Crippen LogP contribution in [0, 0.1) is 13.8 Å². The monoisotopic (exact) mass is 245 g/mol. The summed E-state index contributed by atoms with van der Waals surface area (Å²) in [6, 6.07) is 5.82. The molecule has 0 aliphatic heterocycles. The Labute approximate surface area is 105 Å². The van der Waals surface area contributed by atoms with Crippen LogP contribution in [0.3, 0.4) is 0 Å². The van der Waals surface area contributed by atoms with Gasteiger partial charge in [-0.15, -0.1) is 0 Å². The van der Waals surface area contributed by atoms with E-state index < -0.39 is 5.97 Å². The molecule has 1 N–H and O–H groups in total. The molecule has 0 bridgehead atoms.